The molecule has 1 aliphatic carbocycles. The number of benzene rings is 2. The molecule has 180 valence electrons. The maximum absolute atomic E-state index is 13.9. The number of fused-ring (bicyclic) bond motifs is 1. The number of hydrogen-bond acceptors (Lipinski definition) is 4. The van der Waals surface area contributed by atoms with Crippen LogP contribution in [0.5, 0.6) is 0 Å². The number of aromatic nitrogens is 2. The molecule has 2 aromatic carbocycles. The van der Waals surface area contributed by atoms with E-state index in [9.17, 15) is 9.59 Å². The average molecular weight is 487 g/mol. The number of hydrogen-bond donors (Lipinski definition) is 1. The van der Waals surface area contributed by atoms with Crippen molar-refractivity contribution in [2.45, 2.75) is 57.3 Å². The summed E-state index contributed by atoms with van der Waals surface area (Å²) in [4.78, 5) is 34.9. The third-order valence-electron chi connectivity index (χ3n) is 6.69. The van der Waals surface area contributed by atoms with E-state index in [1.165, 1.54) is 6.42 Å². The largest absolute Gasteiger partial charge is 0.351 e. The fraction of sp³-hybridized carbons (Fsp3) is 0.321. The van der Waals surface area contributed by atoms with E-state index < -0.39 is 6.04 Å². The van der Waals surface area contributed by atoms with Crippen LogP contribution in [-0.2, 0) is 22.7 Å². The van der Waals surface area contributed by atoms with Crippen LogP contribution in [0, 0.1) is 0 Å². The fourth-order valence-corrected chi connectivity index (χ4v) is 5.60. The second-order valence-corrected chi connectivity index (χ2v) is 10.2. The Balaban J connectivity index is 1.48. The first-order valence-corrected chi connectivity index (χ1v) is 13.1. The summed E-state index contributed by atoms with van der Waals surface area (Å²) < 4.78 is 1.86. The van der Waals surface area contributed by atoms with Crippen molar-refractivity contribution in [2.75, 3.05) is 0 Å². The lowest BCUT2D eigenvalue weighted by molar-refractivity contribution is -0.142. The molecule has 0 aliphatic heterocycles. The lowest BCUT2D eigenvalue weighted by Crippen LogP contribution is -2.47. The van der Waals surface area contributed by atoms with Crippen molar-refractivity contribution >= 4 is 34.2 Å². The molecule has 1 saturated carbocycles. The minimum atomic E-state index is -0.706. The molecule has 4 aromatic rings. The summed E-state index contributed by atoms with van der Waals surface area (Å²) in [6.07, 6.45) is 7.17. The topological polar surface area (TPSA) is 67.2 Å². The van der Waals surface area contributed by atoms with Crippen LogP contribution in [0.2, 0.25) is 0 Å². The van der Waals surface area contributed by atoms with E-state index in [1.54, 1.807) is 22.6 Å². The first-order valence-electron chi connectivity index (χ1n) is 12.3. The predicted molar refractivity (Wildman–Crippen MR) is 139 cm³/mol. The Bertz CT molecular complexity index is 1260. The van der Waals surface area contributed by atoms with E-state index in [4.69, 9.17) is 0 Å². The van der Waals surface area contributed by atoms with Gasteiger partial charge in [0.1, 0.15) is 12.6 Å². The van der Waals surface area contributed by atoms with E-state index in [-0.39, 0.29) is 24.4 Å². The molecule has 0 bridgehead atoms. The maximum atomic E-state index is 13.9. The average Bonchev–Trinajstić information content (AvgIpc) is 3.55. The van der Waals surface area contributed by atoms with E-state index in [2.05, 4.69) is 10.3 Å². The zero-order chi connectivity index (χ0) is 24.0. The van der Waals surface area contributed by atoms with Gasteiger partial charge in [0.15, 0.2) is 0 Å². The molecule has 7 heteroatoms. The van der Waals surface area contributed by atoms with Gasteiger partial charge >= 0.3 is 0 Å². The van der Waals surface area contributed by atoms with Crippen molar-refractivity contribution in [2.24, 2.45) is 0 Å². The molecule has 2 amide bonds. The minimum Gasteiger partial charge on any atom is -0.351 e. The summed E-state index contributed by atoms with van der Waals surface area (Å²) in [5.74, 6) is -0.224. The smallest absolute Gasteiger partial charge is 0.247 e. The summed E-state index contributed by atoms with van der Waals surface area (Å²) in [5.41, 5.74) is 2.57. The molecule has 35 heavy (non-hydrogen) atoms. The molecule has 1 atom stereocenters. The highest BCUT2D eigenvalue weighted by Gasteiger charge is 2.33. The van der Waals surface area contributed by atoms with Gasteiger partial charge in [0, 0.05) is 10.9 Å². The van der Waals surface area contributed by atoms with E-state index in [1.807, 2.05) is 76.7 Å². The Morgan fingerprint density at radius 1 is 1.00 bits per heavy atom. The quantitative estimate of drug-likeness (QED) is 0.367. The van der Waals surface area contributed by atoms with E-state index in [0.717, 1.165) is 47.2 Å². The van der Waals surface area contributed by atoms with Crippen molar-refractivity contribution in [3.05, 3.63) is 88.9 Å². The number of thiophene rings is 1. The van der Waals surface area contributed by atoms with Crippen LogP contribution in [0.15, 0.2) is 78.4 Å². The molecule has 2 aromatic heterocycles. The van der Waals surface area contributed by atoms with Gasteiger partial charge in [-0.2, -0.15) is 0 Å². The molecule has 5 rings (SSSR count). The van der Waals surface area contributed by atoms with Crippen LogP contribution in [0.4, 0.5) is 0 Å². The molecule has 0 radical (unpaired) electrons. The number of nitrogens with zero attached hydrogens (tertiary/aromatic N) is 3. The van der Waals surface area contributed by atoms with Crippen LogP contribution >= 0.6 is 11.3 Å². The molecule has 1 unspecified atom stereocenters. The zero-order valence-corrected chi connectivity index (χ0v) is 20.5. The summed E-state index contributed by atoms with van der Waals surface area (Å²) >= 11 is 1.59. The standard InChI is InChI=1S/C28H30N4O2S/c33-26(19-31-20-29-24-15-7-8-16-25(24)31)32(18-23-14-9-17-35-23)27(21-10-3-1-4-11-21)28(34)30-22-12-5-2-6-13-22/h1,3-4,7-11,14-17,20,22,27H,2,5-6,12-13,18-19H2,(H,30,34). The second-order valence-electron chi connectivity index (χ2n) is 9.12. The highest BCUT2D eigenvalue weighted by atomic mass is 32.1. The molecule has 0 saturated heterocycles. The molecule has 1 aliphatic rings. The third kappa shape index (κ3) is 5.46. The van der Waals surface area contributed by atoms with Crippen molar-refractivity contribution < 1.29 is 9.59 Å². The van der Waals surface area contributed by atoms with Crippen LogP contribution in [0.25, 0.3) is 11.0 Å². The van der Waals surface area contributed by atoms with Gasteiger partial charge in [0.2, 0.25) is 11.8 Å². The Labute approximate surface area is 209 Å². The van der Waals surface area contributed by atoms with Crippen LogP contribution in [-0.4, -0.2) is 32.3 Å². The normalized spacial score (nSPS) is 15.1. The van der Waals surface area contributed by atoms with Gasteiger partial charge in [-0.15, -0.1) is 11.3 Å². The molecule has 1 N–H and O–H groups in total. The lowest BCUT2D eigenvalue weighted by atomic mass is 9.94. The number of carbonyl (C=O) groups is 2. The van der Waals surface area contributed by atoms with Crippen LogP contribution in [0.1, 0.15) is 48.6 Å². The highest BCUT2D eigenvalue weighted by Crippen LogP contribution is 2.27. The molecule has 0 spiro atoms. The van der Waals surface area contributed by atoms with E-state index in [0.29, 0.717) is 6.54 Å². The van der Waals surface area contributed by atoms with Gasteiger partial charge < -0.3 is 14.8 Å². The van der Waals surface area contributed by atoms with Gasteiger partial charge in [-0.25, -0.2) is 4.98 Å². The second kappa shape index (κ2) is 10.9. The molecule has 6 nitrogen and oxygen atoms in total. The Hall–Kier alpha value is -3.45. The molecule has 2 heterocycles. The molecule has 1 fully saturated rings. The van der Waals surface area contributed by atoms with Crippen LogP contribution < -0.4 is 5.32 Å². The van der Waals surface area contributed by atoms with E-state index >= 15 is 0 Å². The summed E-state index contributed by atoms with van der Waals surface area (Å²) in [6.45, 7) is 0.493. The van der Waals surface area contributed by atoms with Gasteiger partial charge in [-0.3, -0.25) is 9.59 Å². The zero-order valence-electron chi connectivity index (χ0n) is 19.7. The van der Waals surface area contributed by atoms with Crippen molar-refractivity contribution in [3.8, 4) is 0 Å². The number of imidazole rings is 1. The van der Waals surface area contributed by atoms with Crippen molar-refractivity contribution in [3.63, 3.8) is 0 Å². The van der Waals surface area contributed by atoms with Crippen LogP contribution in [0.3, 0.4) is 0 Å². The summed E-state index contributed by atoms with van der Waals surface area (Å²) in [7, 11) is 0. The number of nitrogens with one attached hydrogen (secondary N) is 1. The summed E-state index contributed by atoms with van der Waals surface area (Å²) in [6, 6.07) is 20.9. The van der Waals surface area contributed by atoms with Gasteiger partial charge in [-0.1, -0.05) is 67.8 Å². The first kappa shape index (κ1) is 23.3. The number of carbonyl (C=O) groups excluding carboxylic acids is 2. The summed E-state index contributed by atoms with van der Waals surface area (Å²) in [5, 5.41) is 5.27. The Morgan fingerprint density at radius 3 is 2.54 bits per heavy atom. The van der Waals surface area contributed by atoms with Gasteiger partial charge in [0.05, 0.1) is 23.9 Å². The van der Waals surface area contributed by atoms with Gasteiger partial charge in [0.25, 0.3) is 0 Å². The minimum absolute atomic E-state index is 0.108. The number of amides is 2. The Kier molecular flexibility index (Phi) is 7.23. The predicted octanol–water partition coefficient (Wildman–Crippen LogP) is 5.32. The van der Waals surface area contributed by atoms with Crippen molar-refractivity contribution in [1.82, 2.24) is 19.8 Å². The Morgan fingerprint density at radius 2 is 1.77 bits per heavy atom. The number of rotatable bonds is 8. The maximum Gasteiger partial charge on any atom is 0.247 e. The number of para-hydroxylation sites is 2. The fourth-order valence-electron chi connectivity index (χ4n) is 4.90. The third-order valence-corrected chi connectivity index (χ3v) is 7.55. The monoisotopic (exact) mass is 486 g/mol. The highest BCUT2D eigenvalue weighted by molar-refractivity contribution is 7.09. The SMILES string of the molecule is O=C(NC1CCCCC1)C(c1ccccc1)N(Cc1cccs1)C(=O)Cn1cnc2ccccc21. The molecular weight excluding hydrogens is 456 g/mol. The molecular formula is C28H30N4O2S. The first-order chi connectivity index (χ1) is 17.2. The lowest BCUT2D eigenvalue weighted by Gasteiger charge is -2.33. The van der Waals surface area contributed by atoms with Gasteiger partial charge in [-0.05, 0) is 42.0 Å². The van der Waals surface area contributed by atoms with Crippen molar-refractivity contribution in [1.29, 1.82) is 0 Å².